The first-order chi connectivity index (χ1) is 9.60. The van der Waals surface area contributed by atoms with Gasteiger partial charge in [0.1, 0.15) is 0 Å². The van der Waals surface area contributed by atoms with Crippen molar-refractivity contribution in [3.05, 3.63) is 24.3 Å². The fourth-order valence-corrected chi connectivity index (χ4v) is 2.44. The number of hydrogen-bond donors (Lipinski definition) is 3. The summed E-state index contributed by atoms with van der Waals surface area (Å²) in [6.07, 6.45) is 3.23. The fourth-order valence-electron chi connectivity index (χ4n) is 2.44. The van der Waals surface area contributed by atoms with E-state index in [2.05, 4.69) is 10.6 Å². The van der Waals surface area contributed by atoms with Crippen LogP contribution in [0.1, 0.15) is 32.6 Å². The second kappa shape index (κ2) is 8.00. The molecule has 1 aliphatic carbocycles. The number of carbonyl (C=O) groups is 2. The van der Waals surface area contributed by atoms with E-state index in [0.29, 0.717) is 6.42 Å². The zero-order valence-electron chi connectivity index (χ0n) is 12.1. The van der Waals surface area contributed by atoms with Gasteiger partial charge in [0.2, 0.25) is 11.8 Å². The number of halogens is 1. The molecular weight excluding hydrogens is 290 g/mol. The molecule has 1 aliphatic rings. The predicted molar refractivity (Wildman–Crippen MR) is 86.6 cm³/mol. The van der Waals surface area contributed by atoms with Crippen LogP contribution in [0.25, 0.3) is 0 Å². The molecule has 0 bridgehead atoms. The van der Waals surface area contributed by atoms with Crippen molar-refractivity contribution < 1.29 is 9.59 Å². The number of nitrogens with two attached hydrogens (primary N) is 1. The molecule has 21 heavy (non-hydrogen) atoms. The lowest BCUT2D eigenvalue weighted by molar-refractivity contribution is -0.120. The van der Waals surface area contributed by atoms with Crippen LogP contribution in [-0.4, -0.2) is 17.9 Å². The van der Waals surface area contributed by atoms with Crippen LogP contribution in [0, 0.1) is 5.92 Å². The Bertz CT molecular complexity index is 490. The zero-order chi connectivity index (χ0) is 14.5. The third-order valence-electron chi connectivity index (χ3n) is 3.66. The minimum atomic E-state index is -0.0885. The predicted octanol–water partition coefficient (Wildman–Crippen LogP) is 2.52. The Labute approximate surface area is 131 Å². The quantitative estimate of drug-likeness (QED) is 0.799. The Kier molecular flexibility index (Phi) is 6.65. The Balaban J connectivity index is 0.00000220. The smallest absolute Gasteiger partial charge is 0.229 e. The zero-order valence-corrected chi connectivity index (χ0v) is 12.9. The Morgan fingerprint density at radius 2 is 1.71 bits per heavy atom. The van der Waals surface area contributed by atoms with Crippen molar-refractivity contribution in [2.24, 2.45) is 11.7 Å². The third kappa shape index (κ3) is 4.72. The highest BCUT2D eigenvalue weighted by molar-refractivity contribution is 5.94. The van der Waals surface area contributed by atoms with Gasteiger partial charge in [-0.05, 0) is 37.1 Å². The van der Waals surface area contributed by atoms with Gasteiger partial charge in [0.25, 0.3) is 0 Å². The van der Waals surface area contributed by atoms with Crippen molar-refractivity contribution in [2.75, 3.05) is 10.6 Å². The first kappa shape index (κ1) is 17.5. The number of benzene rings is 1. The SMILES string of the molecule is CCC(=O)Nc1ccc(NC(=O)C2CCCC2N)cc1.Cl. The summed E-state index contributed by atoms with van der Waals surface area (Å²) in [6, 6.07) is 7.08. The third-order valence-corrected chi connectivity index (χ3v) is 3.66. The molecule has 5 nitrogen and oxygen atoms in total. The lowest BCUT2D eigenvalue weighted by atomic mass is 10.0. The highest BCUT2D eigenvalue weighted by atomic mass is 35.5. The molecular formula is C15H22ClN3O2. The molecule has 2 amide bonds. The normalized spacial score (nSPS) is 20.5. The Hall–Kier alpha value is -1.59. The summed E-state index contributed by atoms with van der Waals surface area (Å²) in [5.74, 6) is -0.131. The van der Waals surface area contributed by atoms with Gasteiger partial charge in [-0.15, -0.1) is 12.4 Å². The first-order valence-electron chi connectivity index (χ1n) is 7.06. The average molecular weight is 312 g/mol. The van der Waals surface area contributed by atoms with E-state index in [1.54, 1.807) is 31.2 Å². The topological polar surface area (TPSA) is 84.2 Å². The minimum Gasteiger partial charge on any atom is -0.327 e. The van der Waals surface area contributed by atoms with E-state index in [0.717, 1.165) is 30.6 Å². The molecule has 0 radical (unpaired) electrons. The van der Waals surface area contributed by atoms with E-state index in [4.69, 9.17) is 5.73 Å². The van der Waals surface area contributed by atoms with Gasteiger partial charge in [0.15, 0.2) is 0 Å². The van der Waals surface area contributed by atoms with Crippen LogP contribution in [0.2, 0.25) is 0 Å². The van der Waals surface area contributed by atoms with Gasteiger partial charge < -0.3 is 16.4 Å². The van der Waals surface area contributed by atoms with E-state index in [1.807, 2.05) is 0 Å². The number of anilines is 2. The monoisotopic (exact) mass is 311 g/mol. The molecule has 2 unspecified atom stereocenters. The highest BCUT2D eigenvalue weighted by Crippen LogP contribution is 2.25. The van der Waals surface area contributed by atoms with E-state index in [9.17, 15) is 9.59 Å². The van der Waals surface area contributed by atoms with Gasteiger partial charge in [0, 0.05) is 23.8 Å². The molecule has 116 valence electrons. The van der Waals surface area contributed by atoms with Crippen LogP contribution < -0.4 is 16.4 Å². The van der Waals surface area contributed by atoms with Crippen LogP contribution in [0.5, 0.6) is 0 Å². The van der Waals surface area contributed by atoms with Crippen molar-refractivity contribution in [3.63, 3.8) is 0 Å². The highest BCUT2D eigenvalue weighted by Gasteiger charge is 2.30. The summed E-state index contributed by atoms with van der Waals surface area (Å²) in [6.45, 7) is 1.80. The van der Waals surface area contributed by atoms with Gasteiger partial charge in [0.05, 0.1) is 5.92 Å². The molecule has 2 atom stereocenters. The lowest BCUT2D eigenvalue weighted by Gasteiger charge is -2.15. The summed E-state index contributed by atoms with van der Waals surface area (Å²) in [4.78, 5) is 23.3. The molecule has 0 spiro atoms. The molecule has 0 aromatic heterocycles. The number of hydrogen-bond acceptors (Lipinski definition) is 3. The minimum absolute atomic E-state index is 0. The van der Waals surface area contributed by atoms with Crippen molar-refractivity contribution in [1.29, 1.82) is 0 Å². The maximum absolute atomic E-state index is 12.1. The van der Waals surface area contributed by atoms with E-state index >= 15 is 0 Å². The molecule has 2 rings (SSSR count). The second-order valence-corrected chi connectivity index (χ2v) is 5.17. The van der Waals surface area contributed by atoms with Gasteiger partial charge in [-0.2, -0.15) is 0 Å². The molecule has 0 saturated heterocycles. The maximum Gasteiger partial charge on any atom is 0.229 e. The summed E-state index contributed by atoms with van der Waals surface area (Å²) in [5, 5.41) is 5.64. The summed E-state index contributed by atoms with van der Waals surface area (Å²) in [7, 11) is 0. The number of nitrogens with one attached hydrogen (secondary N) is 2. The standard InChI is InChI=1S/C15H21N3O2.ClH/c1-2-14(19)17-10-6-8-11(9-7-10)18-15(20)12-4-3-5-13(12)16;/h6-9,12-13H,2-5,16H2,1H3,(H,17,19)(H,18,20);1H. The summed E-state index contributed by atoms with van der Waals surface area (Å²) < 4.78 is 0. The van der Waals surface area contributed by atoms with Crippen molar-refractivity contribution in [2.45, 2.75) is 38.6 Å². The summed E-state index contributed by atoms with van der Waals surface area (Å²) in [5.41, 5.74) is 7.37. The molecule has 1 aromatic rings. The van der Waals surface area contributed by atoms with Gasteiger partial charge in [-0.3, -0.25) is 9.59 Å². The summed E-state index contributed by atoms with van der Waals surface area (Å²) >= 11 is 0. The van der Waals surface area contributed by atoms with Gasteiger partial charge >= 0.3 is 0 Å². The van der Waals surface area contributed by atoms with Gasteiger partial charge in [-0.25, -0.2) is 0 Å². The molecule has 6 heteroatoms. The van der Waals surface area contributed by atoms with Gasteiger partial charge in [-0.1, -0.05) is 13.3 Å². The average Bonchev–Trinajstić information content (AvgIpc) is 2.87. The number of carbonyl (C=O) groups excluding carboxylic acids is 2. The van der Waals surface area contributed by atoms with Crippen molar-refractivity contribution >= 4 is 35.6 Å². The lowest BCUT2D eigenvalue weighted by Crippen LogP contribution is -2.34. The van der Waals surface area contributed by atoms with E-state index in [-0.39, 0.29) is 36.2 Å². The van der Waals surface area contributed by atoms with Crippen LogP contribution in [0.15, 0.2) is 24.3 Å². The molecule has 1 saturated carbocycles. The van der Waals surface area contributed by atoms with Crippen LogP contribution in [0.4, 0.5) is 11.4 Å². The van der Waals surface area contributed by atoms with Crippen LogP contribution >= 0.6 is 12.4 Å². The molecule has 4 N–H and O–H groups in total. The molecule has 1 fully saturated rings. The van der Waals surface area contributed by atoms with E-state index < -0.39 is 0 Å². The van der Waals surface area contributed by atoms with Crippen molar-refractivity contribution in [3.8, 4) is 0 Å². The van der Waals surface area contributed by atoms with E-state index in [1.165, 1.54) is 0 Å². The number of rotatable bonds is 4. The van der Waals surface area contributed by atoms with Crippen LogP contribution in [-0.2, 0) is 9.59 Å². The second-order valence-electron chi connectivity index (χ2n) is 5.17. The Morgan fingerprint density at radius 1 is 1.14 bits per heavy atom. The molecule has 1 aromatic carbocycles. The van der Waals surface area contributed by atoms with Crippen molar-refractivity contribution in [1.82, 2.24) is 0 Å². The largest absolute Gasteiger partial charge is 0.327 e. The Morgan fingerprint density at radius 3 is 2.19 bits per heavy atom. The fraction of sp³-hybridized carbons (Fsp3) is 0.467. The van der Waals surface area contributed by atoms with Crippen LogP contribution in [0.3, 0.4) is 0 Å². The molecule has 0 aliphatic heterocycles. The number of amides is 2. The molecule has 0 heterocycles. The maximum atomic E-state index is 12.1. The first-order valence-corrected chi connectivity index (χ1v) is 7.06.